The number of imidazole rings is 1. The van der Waals surface area contributed by atoms with Crippen LogP contribution in [0.2, 0.25) is 5.02 Å². The molecule has 0 atom stereocenters. The first kappa shape index (κ1) is 19.3. The Bertz CT molecular complexity index is 1080. The van der Waals surface area contributed by atoms with E-state index in [0.717, 1.165) is 9.82 Å². The summed E-state index contributed by atoms with van der Waals surface area (Å²) in [5, 5.41) is 3.19. The minimum atomic E-state index is -3.52. The van der Waals surface area contributed by atoms with E-state index in [4.69, 9.17) is 11.6 Å². The van der Waals surface area contributed by atoms with Crippen LogP contribution in [-0.4, -0.2) is 47.3 Å². The van der Waals surface area contributed by atoms with Crippen molar-refractivity contribution in [2.24, 2.45) is 0 Å². The van der Waals surface area contributed by atoms with Gasteiger partial charge in [-0.25, -0.2) is 22.7 Å². The first-order valence-corrected chi connectivity index (χ1v) is 9.88. The molecule has 1 N–H and O–H groups in total. The molecule has 2 aromatic heterocycles. The van der Waals surface area contributed by atoms with E-state index in [0.29, 0.717) is 22.9 Å². The minimum absolute atomic E-state index is 0.178. The number of amides is 1. The summed E-state index contributed by atoms with van der Waals surface area (Å²) in [7, 11) is -0.562. The van der Waals surface area contributed by atoms with Crippen molar-refractivity contribution in [2.45, 2.75) is 17.9 Å². The Balaban J connectivity index is 1.70. The largest absolute Gasteiger partial charge is 0.330 e. The van der Waals surface area contributed by atoms with E-state index >= 15 is 0 Å². The van der Waals surface area contributed by atoms with Crippen LogP contribution in [-0.2, 0) is 21.4 Å². The van der Waals surface area contributed by atoms with Crippen molar-refractivity contribution >= 4 is 44.4 Å². The van der Waals surface area contributed by atoms with Crippen LogP contribution in [0.15, 0.2) is 47.8 Å². The number of pyridine rings is 1. The number of anilines is 1. The Morgan fingerprint density at radius 2 is 2.00 bits per heavy atom. The third-order valence-corrected chi connectivity index (χ3v) is 5.98. The Morgan fingerprint density at radius 1 is 1.22 bits per heavy atom. The lowest BCUT2D eigenvalue weighted by Gasteiger charge is -2.11. The highest BCUT2D eigenvalue weighted by Gasteiger charge is 2.18. The van der Waals surface area contributed by atoms with Gasteiger partial charge in [-0.05, 0) is 30.3 Å². The van der Waals surface area contributed by atoms with Crippen molar-refractivity contribution in [2.75, 3.05) is 19.4 Å². The zero-order chi connectivity index (χ0) is 19.6. The predicted molar refractivity (Wildman–Crippen MR) is 103 cm³/mol. The SMILES string of the molecule is CN(C)S(=O)(=O)c1ccc2c(c1)ncn2CCC(=O)Nc1ccc(Cl)cn1. The molecule has 142 valence electrons. The standard InChI is InChI=1S/C17H18ClN5O3S/c1-22(2)27(25,26)13-4-5-15-14(9-13)20-11-23(15)8-7-17(24)21-16-6-3-12(18)10-19-16/h3-6,9-11H,7-8H2,1-2H3,(H,19,21,24). The number of halogens is 1. The van der Waals surface area contributed by atoms with Gasteiger partial charge in [0.1, 0.15) is 5.82 Å². The summed E-state index contributed by atoms with van der Waals surface area (Å²) in [6.07, 6.45) is 3.26. The lowest BCUT2D eigenvalue weighted by atomic mass is 10.3. The van der Waals surface area contributed by atoms with Gasteiger partial charge in [-0.15, -0.1) is 0 Å². The van der Waals surface area contributed by atoms with Gasteiger partial charge in [-0.2, -0.15) is 0 Å². The summed E-state index contributed by atoms with van der Waals surface area (Å²) in [4.78, 5) is 20.5. The van der Waals surface area contributed by atoms with Crippen molar-refractivity contribution < 1.29 is 13.2 Å². The topological polar surface area (TPSA) is 97.2 Å². The molecule has 0 unspecified atom stereocenters. The number of fused-ring (bicyclic) bond motifs is 1. The smallest absolute Gasteiger partial charge is 0.242 e. The second kappa shape index (κ2) is 7.63. The van der Waals surface area contributed by atoms with Gasteiger partial charge in [0, 0.05) is 33.3 Å². The number of nitrogens with zero attached hydrogens (tertiary/aromatic N) is 4. The number of carbonyl (C=O) groups excluding carboxylic acids is 1. The number of nitrogens with one attached hydrogen (secondary N) is 1. The van der Waals surface area contributed by atoms with Gasteiger partial charge >= 0.3 is 0 Å². The Labute approximate surface area is 161 Å². The molecule has 0 radical (unpaired) electrons. The van der Waals surface area contributed by atoms with Gasteiger partial charge in [0.05, 0.1) is 27.3 Å². The molecular weight excluding hydrogens is 390 g/mol. The third kappa shape index (κ3) is 4.26. The Morgan fingerprint density at radius 3 is 2.67 bits per heavy atom. The third-order valence-electron chi connectivity index (χ3n) is 3.95. The molecule has 0 saturated carbocycles. The van der Waals surface area contributed by atoms with Gasteiger partial charge in [0.2, 0.25) is 15.9 Å². The van der Waals surface area contributed by atoms with E-state index in [1.54, 1.807) is 29.1 Å². The molecule has 10 heteroatoms. The number of rotatable bonds is 6. The molecule has 0 bridgehead atoms. The Kier molecular flexibility index (Phi) is 5.45. The van der Waals surface area contributed by atoms with Gasteiger partial charge in [-0.1, -0.05) is 11.6 Å². The molecule has 2 heterocycles. The molecule has 0 fully saturated rings. The summed E-state index contributed by atoms with van der Waals surface area (Å²) in [5.74, 6) is 0.233. The molecule has 3 rings (SSSR count). The maximum absolute atomic E-state index is 12.2. The van der Waals surface area contributed by atoms with Crippen molar-refractivity contribution in [3.05, 3.63) is 47.9 Å². The summed E-state index contributed by atoms with van der Waals surface area (Å²) < 4.78 is 27.4. The van der Waals surface area contributed by atoms with Crippen LogP contribution >= 0.6 is 11.6 Å². The number of hydrogen-bond acceptors (Lipinski definition) is 5. The summed E-state index contributed by atoms with van der Waals surface area (Å²) in [6.45, 7) is 0.399. The minimum Gasteiger partial charge on any atom is -0.330 e. The molecule has 0 aliphatic heterocycles. The molecule has 27 heavy (non-hydrogen) atoms. The Hall–Kier alpha value is -2.49. The zero-order valence-electron chi connectivity index (χ0n) is 14.8. The van der Waals surface area contributed by atoms with Crippen LogP contribution in [0.3, 0.4) is 0 Å². The van der Waals surface area contributed by atoms with Crippen LogP contribution in [0.4, 0.5) is 5.82 Å². The van der Waals surface area contributed by atoms with Crippen LogP contribution in [0.5, 0.6) is 0 Å². The summed E-state index contributed by atoms with van der Waals surface area (Å²) >= 11 is 5.76. The molecular formula is C17H18ClN5O3S. The predicted octanol–water partition coefficient (Wildman–Crippen LogP) is 2.36. The molecule has 0 aliphatic carbocycles. The average Bonchev–Trinajstić information content (AvgIpc) is 3.04. The molecule has 3 aromatic rings. The van der Waals surface area contributed by atoms with Crippen molar-refractivity contribution in [1.82, 2.24) is 18.8 Å². The normalized spacial score (nSPS) is 11.9. The second-order valence-electron chi connectivity index (χ2n) is 6.04. The highest BCUT2D eigenvalue weighted by Crippen LogP contribution is 2.20. The fourth-order valence-electron chi connectivity index (χ4n) is 2.47. The lowest BCUT2D eigenvalue weighted by molar-refractivity contribution is -0.116. The first-order chi connectivity index (χ1) is 12.8. The number of benzene rings is 1. The van der Waals surface area contributed by atoms with Crippen LogP contribution in [0, 0.1) is 0 Å². The van der Waals surface area contributed by atoms with E-state index in [1.165, 1.54) is 32.4 Å². The highest BCUT2D eigenvalue weighted by atomic mass is 35.5. The molecule has 0 aliphatic rings. The maximum Gasteiger partial charge on any atom is 0.242 e. The van der Waals surface area contributed by atoms with E-state index in [2.05, 4.69) is 15.3 Å². The van der Waals surface area contributed by atoms with Crippen LogP contribution in [0.25, 0.3) is 11.0 Å². The zero-order valence-corrected chi connectivity index (χ0v) is 16.3. The van der Waals surface area contributed by atoms with Gasteiger partial charge in [0.15, 0.2) is 0 Å². The van der Waals surface area contributed by atoms with Crippen LogP contribution in [0.1, 0.15) is 6.42 Å². The molecule has 1 aromatic carbocycles. The van der Waals surface area contributed by atoms with Gasteiger partial charge < -0.3 is 9.88 Å². The number of aryl methyl sites for hydroxylation is 1. The average molecular weight is 408 g/mol. The van der Waals surface area contributed by atoms with Gasteiger partial charge in [0.25, 0.3) is 0 Å². The van der Waals surface area contributed by atoms with E-state index in [9.17, 15) is 13.2 Å². The lowest BCUT2D eigenvalue weighted by Crippen LogP contribution is -2.22. The number of carbonyl (C=O) groups is 1. The fourth-order valence-corrected chi connectivity index (χ4v) is 3.50. The number of hydrogen-bond donors (Lipinski definition) is 1. The highest BCUT2D eigenvalue weighted by molar-refractivity contribution is 7.89. The maximum atomic E-state index is 12.2. The van der Waals surface area contributed by atoms with E-state index in [1.807, 2.05) is 0 Å². The van der Waals surface area contributed by atoms with Crippen molar-refractivity contribution in [3.8, 4) is 0 Å². The van der Waals surface area contributed by atoms with Crippen molar-refractivity contribution in [1.29, 1.82) is 0 Å². The summed E-state index contributed by atoms with van der Waals surface area (Å²) in [5.41, 5.74) is 1.31. The monoisotopic (exact) mass is 407 g/mol. The second-order valence-corrected chi connectivity index (χ2v) is 8.62. The van der Waals surface area contributed by atoms with Crippen LogP contribution < -0.4 is 5.32 Å². The van der Waals surface area contributed by atoms with E-state index < -0.39 is 10.0 Å². The first-order valence-electron chi connectivity index (χ1n) is 8.06. The fraction of sp³-hybridized carbons (Fsp3) is 0.235. The molecule has 0 saturated heterocycles. The number of aromatic nitrogens is 3. The quantitative estimate of drug-likeness (QED) is 0.676. The van der Waals surface area contributed by atoms with E-state index in [-0.39, 0.29) is 17.2 Å². The molecule has 8 nitrogen and oxygen atoms in total. The molecule has 0 spiro atoms. The van der Waals surface area contributed by atoms with Crippen molar-refractivity contribution in [3.63, 3.8) is 0 Å². The summed E-state index contributed by atoms with van der Waals surface area (Å²) in [6, 6.07) is 8.02. The number of sulfonamides is 1. The molecule has 1 amide bonds. The van der Waals surface area contributed by atoms with Gasteiger partial charge in [-0.3, -0.25) is 4.79 Å².